The maximum Gasteiger partial charge on any atom is 0.158 e. The van der Waals surface area contributed by atoms with Crippen LogP contribution in [0, 0.1) is 6.07 Å². The van der Waals surface area contributed by atoms with Crippen LogP contribution in [-0.2, 0) is 16.1 Å². The van der Waals surface area contributed by atoms with Crippen molar-refractivity contribution >= 4 is 0 Å². The predicted octanol–water partition coefficient (Wildman–Crippen LogP) is 2.53. The SMILES string of the molecule is [c]1ccccc1COC1CCCCO1. The highest BCUT2D eigenvalue weighted by atomic mass is 16.7. The molecule has 2 rings (SSSR count). The zero-order valence-electron chi connectivity index (χ0n) is 8.24. The molecule has 0 amide bonds. The fourth-order valence-electron chi connectivity index (χ4n) is 1.55. The van der Waals surface area contributed by atoms with E-state index in [1.54, 1.807) is 0 Å². The minimum atomic E-state index is -0.00245. The molecule has 0 N–H and O–H groups in total. The fourth-order valence-corrected chi connectivity index (χ4v) is 1.55. The first-order chi connectivity index (χ1) is 6.95. The van der Waals surface area contributed by atoms with Crippen molar-refractivity contribution in [3.05, 3.63) is 35.9 Å². The van der Waals surface area contributed by atoms with Crippen LogP contribution in [0.15, 0.2) is 24.3 Å². The van der Waals surface area contributed by atoms with E-state index >= 15 is 0 Å². The molecule has 1 heterocycles. The molecule has 0 saturated carbocycles. The molecule has 1 aliphatic rings. The van der Waals surface area contributed by atoms with Crippen molar-refractivity contribution in [1.29, 1.82) is 0 Å². The van der Waals surface area contributed by atoms with Gasteiger partial charge in [-0.15, -0.1) is 0 Å². The zero-order valence-corrected chi connectivity index (χ0v) is 8.24. The summed E-state index contributed by atoms with van der Waals surface area (Å²) < 4.78 is 11.1. The molecule has 1 saturated heterocycles. The van der Waals surface area contributed by atoms with Gasteiger partial charge >= 0.3 is 0 Å². The van der Waals surface area contributed by atoms with Gasteiger partial charge in [0.15, 0.2) is 6.29 Å². The van der Waals surface area contributed by atoms with E-state index in [2.05, 4.69) is 6.07 Å². The van der Waals surface area contributed by atoms with Crippen molar-refractivity contribution in [2.75, 3.05) is 6.61 Å². The Hall–Kier alpha value is -0.860. The van der Waals surface area contributed by atoms with Crippen LogP contribution in [0.5, 0.6) is 0 Å². The average molecular weight is 191 g/mol. The molecule has 1 aromatic carbocycles. The highest BCUT2D eigenvalue weighted by Crippen LogP contribution is 2.15. The van der Waals surface area contributed by atoms with Crippen molar-refractivity contribution in [2.45, 2.75) is 32.2 Å². The number of hydrogen-bond acceptors (Lipinski definition) is 2. The maximum absolute atomic E-state index is 5.62. The lowest BCUT2D eigenvalue weighted by molar-refractivity contribution is -0.168. The third-order valence-corrected chi connectivity index (χ3v) is 2.34. The Balaban J connectivity index is 1.76. The van der Waals surface area contributed by atoms with Gasteiger partial charge in [0.1, 0.15) is 0 Å². The monoisotopic (exact) mass is 191 g/mol. The van der Waals surface area contributed by atoms with E-state index in [1.165, 1.54) is 6.42 Å². The normalized spacial score (nSPS) is 22.1. The lowest BCUT2D eigenvalue weighted by Gasteiger charge is -2.22. The van der Waals surface area contributed by atoms with Crippen LogP contribution in [0.25, 0.3) is 0 Å². The van der Waals surface area contributed by atoms with E-state index in [-0.39, 0.29) is 6.29 Å². The predicted molar refractivity (Wildman–Crippen MR) is 53.7 cm³/mol. The van der Waals surface area contributed by atoms with Crippen molar-refractivity contribution in [1.82, 2.24) is 0 Å². The molecule has 1 fully saturated rings. The highest BCUT2D eigenvalue weighted by molar-refractivity contribution is 5.11. The molecule has 75 valence electrons. The molecule has 0 bridgehead atoms. The topological polar surface area (TPSA) is 18.5 Å². The third-order valence-electron chi connectivity index (χ3n) is 2.34. The van der Waals surface area contributed by atoms with Gasteiger partial charge < -0.3 is 9.47 Å². The van der Waals surface area contributed by atoms with E-state index < -0.39 is 0 Å². The van der Waals surface area contributed by atoms with Crippen LogP contribution in [0.4, 0.5) is 0 Å². The van der Waals surface area contributed by atoms with Gasteiger partial charge in [-0.3, -0.25) is 0 Å². The van der Waals surface area contributed by atoms with E-state index in [1.807, 2.05) is 24.3 Å². The van der Waals surface area contributed by atoms with Gasteiger partial charge in [0.2, 0.25) is 0 Å². The van der Waals surface area contributed by atoms with Gasteiger partial charge in [0, 0.05) is 6.61 Å². The Morgan fingerprint density at radius 2 is 2.43 bits per heavy atom. The van der Waals surface area contributed by atoms with E-state index in [0.29, 0.717) is 6.61 Å². The number of rotatable bonds is 3. The van der Waals surface area contributed by atoms with Gasteiger partial charge in [-0.25, -0.2) is 0 Å². The summed E-state index contributed by atoms with van der Waals surface area (Å²) in [7, 11) is 0. The third kappa shape index (κ3) is 2.82. The molecule has 14 heavy (non-hydrogen) atoms. The highest BCUT2D eigenvalue weighted by Gasteiger charge is 2.13. The molecule has 2 nitrogen and oxygen atoms in total. The molecule has 1 radical (unpaired) electrons. The molecule has 1 aromatic rings. The van der Waals surface area contributed by atoms with E-state index in [0.717, 1.165) is 25.0 Å². The summed E-state index contributed by atoms with van der Waals surface area (Å²) in [5.41, 5.74) is 1.08. The first-order valence-electron chi connectivity index (χ1n) is 5.14. The summed E-state index contributed by atoms with van der Waals surface area (Å²) in [6, 6.07) is 11.0. The summed E-state index contributed by atoms with van der Waals surface area (Å²) in [6.07, 6.45) is 3.39. The quantitative estimate of drug-likeness (QED) is 0.731. The Labute approximate surface area is 84.8 Å². The molecule has 2 heteroatoms. The van der Waals surface area contributed by atoms with Crippen LogP contribution >= 0.6 is 0 Å². The Morgan fingerprint density at radius 1 is 1.43 bits per heavy atom. The molecular formula is C12H15O2. The molecular weight excluding hydrogens is 176 g/mol. The summed E-state index contributed by atoms with van der Waals surface area (Å²) in [6.45, 7) is 1.44. The Morgan fingerprint density at radius 3 is 3.14 bits per heavy atom. The van der Waals surface area contributed by atoms with Crippen LogP contribution in [0.3, 0.4) is 0 Å². The number of benzene rings is 1. The Bertz CT molecular complexity index is 252. The van der Waals surface area contributed by atoms with Gasteiger partial charge in [-0.1, -0.05) is 24.3 Å². The molecule has 1 aliphatic heterocycles. The summed E-state index contributed by atoms with van der Waals surface area (Å²) in [5.74, 6) is 0. The van der Waals surface area contributed by atoms with E-state index in [9.17, 15) is 0 Å². The molecule has 0 aromatic heterocycles. The van der Waals surface area contributed by atoms with Crippen molar-refractivity contribution in [3.63, 3.8) is 0 Å². The van der Waals surface area contributed by atoms with Crippen molar-refractivity contribution < 1.29 is 9.47 Å². The minimum Gasteiger partial charge on any atom is -0.353 e. The smallest absolute Gasteiger partial charge is 0.158 e. The number of ether oxygens (including phenoxy) is 2. The lowest BCUT2D eigenvalue weighted by atomic mass is 10.2. The molecule has 1 unspecified atom stereocenters. The van der Waals surface area contributed by atoms with Gasteiger partial charge in [-0.2, -0.15) is 0 Å². The molecule has 0 aliphatic carbocycles. The lowest BCUT2D eigenvalue weighted by Crippen LogP contribution is -2.21. The molecule has 1 atom stereocenters. The Kier molecular flexibility index (Phi) is 3.55. The second-order valence-electron chi connectivity index (χ2n) is 3.49. The van der Waals surface area contributed by atoms with Crippen molar-refractivity contribution in [2.24, 2.45) is 0 Å². The second kappa shape index (κ2) is 5.13. The molecule has 0 spiro atoms. The minimum absolute atomic E-state index is 0.00245. The second-order valence-corrected chi connectivity index (χ2v) is 3.49. The summed E-state index contributed by atoms with van der Waals surface area (Å²) in [5, 5.41) is 0. The maximum atomic E-state index is 5.62. The van der Waals surface area contributed by atoms with E-state index in [4.69, 9.17) is 9.47 Å². The van der Waals surface area contributed by atoms with Gasteiger partial charge in [0.25, 0.3) is 0 Å². The summed E-state index contributed by atoms with van der Waals surface area (Å²) in [4.78, 5) is 0. The largest absolute Gasteiger partial charge is 0.353 e. The van der Waals surface area contributed by atoms with Crippen molar-refractivity contribution in [3.8, 4) is 0 Å². The first kappa shape index (κ1) is 9.69. The standard InChI is InChI=1S/C12H15O2/c1-2-6-11(7-3-1)10-14-12-8-4-5-9-13-12/h1-3,6,12H,4-5,8-10H2. The fraction of sp³-hybridized carbons (Fsp3) is 0.500. The summed E-state index contributed by atoms with van der Waals surface area (Å²) >= 11 is 0. The van der Waals surface area contributed by atoms with Crippen LogP contribution in [-0.4, -0.2) is 12.9 Å². The van der Waals surface area contributed by atoms with Gasteiger partial charge in [-0.05, 0) is 30.9 Å². The van der Waals surface area contributed by atoms with Crippen LogP contribution in [0.1, 0.15) is 24.8 Å². The first-order valence-corrected chi connectivity index (χ1v) is 5.14. The average Bonchev–Trinajstić information content (AvgIpc) is 2.29. The van der Waals surface area contributed by atoms with Gasteiger partial charge in [0.05, 0.1) is 6.61 Å². The zero-order chi connectivity index (χ0) is 9.64. The van der Waals surface area contributed by atoms with Crippen LogP contribution in [0.2, 0.25) is 0 Å². The number of hydrogen-bond donors (Lipinski definition) is 0. The van der Waals surface area contributed by atoms with Crippen LogP contribution < -0.4 is 0 Å².